The normalized spacial score (nSPS) is 18.2. The quantitative estimate of drug-likeness (QED) is 0.0581. The Labute approximate surface area is 336 Å². The molecule has 1 heterocycles. The summed E-state index contributed by atoms with van der Waals surface area (Å²) in [6.07, 6.45) is 14.6. The lowest BCUT2D eigenvalue weighted by Crippen LogP contribution is -2.45. The number of esters is 1. The minimum absolute atomic E-state index is 0.00824. The number of carbonyl (C=O) groups is 2. The molecular formula is C47H69N3O6. The summed E-state index contributed by atoms with van der Waals surface area (Å²) in [5.41, 5.74) is 5.90. The number of amides is 2. The number of nitrogens with zero attached hydrogens (tertiary/aromatic N) is 1. The van der Waals surface area contributed by atoms with E-state index >= 15 is 0 Å². The van der Waals surface area contributed by atoms with Crippen molar-refractivity contribution in [1.29, 1.82) is 0 Å². The van der Waals surface area contributed by atoms with Gasteiger partial charge in [-0.1, -0.05) is 146 Å². The van der Waals surface area contributed by atoms with Crippen LogP contribution in [-0.4, -0.2) is 60.9 Å². The van der Waals surface area contributed by atoms with Gasteiger partial charge < -0.3 is 34.9 Å². The summed E-state index contributed by atoms with van der Waals surface area (Å²) in [5, 5.41) is 15.1. The molecule has 4 rings (SSSR count). The van der Waals surface area contributed by atoms with Crippen LogP contribution in [0.25, 0.3) is 11.1 Å². The van der Waals surface area contributed by atoms with E-state index in [9.17, 15) is 14.7 Å². The second-order valence-electron chi connectivity index (χ2n) is 15.3. The molecule has 0 unspecified atom stereocenters. The summed E-state index contributed by atoms with van der Waals surface area (Å²) < 4.78 is 18.7. The molecule has 56 heavy (non-hydrogen) atoms. The lowest BCUT2D eigenvalue weighted by atomic mass is 9.89. The zero-order valence-corrected chi connectivity index (χ0v) is 34.6. The minimum Gasteiger partial charge on any atom is -0.465 e. The van der Waals surface area contributed by atoms with E-state index in [-0.39, 0.29) is 37.9 Å². The van der Waals surface area contributed by atoms with Crippen molar-refractivity contribution in [3.05, 3.63) is 95.1 Å². The molecule has 0 saturated carbocycles. The summed E-state index contributed by atoms with van der Waals surface area (Å²) in [6, 6.07) is 24.1. The molecule has 3 aromatic rings. The van der Waals surface area contributed by atoms with Crippen LogP contribution in [0.2, 0.25) is 0 Å². The van der Waals surface area contributed by atoms with Crippen molar-refractivity contribution < 1.29 is 28.9 Å². The van der Waals surface area contributed by atoms with Crippen molar-refractivity contribution in [2.24, 2.45) is 5.92 Å². The molecule has 2 amide bonds. The Morgan fingerprint density at radius 2 is 1.34 bits per heavy atom. The van der Waals surface area contributed by atoms with E-state index in [0.29, 0.717) is 6.54 Å². The van der Waals surface area contributed by atoms with E-state index in [2.05, 4.69) is 78.8 Å². The predicted octanol–water partition coefficient (Wildman–Crippen LogP) is 10.0. The molecule has 1 aliphatic heterocycles. The molecular weight excluding hydrogens is 703 g/mol. The number of rotatable bonds is 25. The summed E-state index contributed by atoms with van der Waals surface area (Å²) >= 11 is 0. The molecule has 0 radical (unpaired) electrons. The first-order chi connectivity index (χ1) is 27.3. The highest BCUT2D eigenvalue weighted by Gasteiger charge is 2.39. The predicted molar refractivity (Wildman–Crippen MR) is 225 cm³/mol. The van der Waals surface area contributed by atoms with Crippen LogP contribution in [0.15, 0.2) is 72.8 Å². The maximum atomic E-state index is 12.3. The highest BCUT2D eigenvalue weighted by molar-refractivity contribution is 5.80. The Morgan fingerprint density at radius 1 is 0.714 bits per heavy atom. The van der Waals surface area contributed by atoms with Crippen molar-refractivity contribution in [3.8, 4) is 11.1 Å². The van der Waals surface area contributed by atoms with Crippen LogP contribution in [0.4, 0.5) is 4.79 Å². The summed E-state index contributed by atoms with van der Waals surface area (Å²) in [5.74, 6) is -0.356. The largest absolute Gasteiger partial charge is 0.465 e. The topological polar surface area (TPSA) is 109 Å². The third-order valence-corrected chi connectivity index (χ3v) is 10.8. The first-order valence-corrected chi connectivity index (χ1v) is 21.4. The van der Waals surface area contributed by atoms with Gasteiger partial charge in [0.2, 0.25) is 0 Å². The number of nitrogens with one attached hydrogen (secondary N) is 2. The minimum atomic E-state index is -0.559. The van der Waals surface area contributed by atoms with Gasteiger partial charge in [-0.05, 0) is 72.8 Å². The molecule has 0 aromatic heterocycles. The van der Waals surface area contributed by atoms with Gasteiger partial charge in [0.15, 0.2) is 6.29 Å². The maximum Gasteiger partial charge on any atom is 0.325 e. The van der Waals surface area contributed by atoms with Gasteiger partial charge in [-0.25, -0.2) is 4.79 Å². The van der Waals surface area contributed by atoms with Crippen LogP contribution in [0.1, 0.15) is 139 Å². The van der Waals surface area contributed by atoms with Crippen LogP contribution in [0.5, 0.6) is 0 Å². The number of carbonyl (C=O) groups excluding carboxylic acids is 2. The Morgan fingerprint density at radius 3 is 1.98 bits per heavy atom. The zero-order valence-electron chi connectivity index (χ0n) is 34.6. The first-order valence-electron chi connectivity index (χ1n) is 21.4. The Hall–Kier alpha value is -3.76. The van der Waals surface area contributed by atoms with Crippen LogP contribution in [0, 0.1) is 5.92 Å². The number of ether oxygens (including phenoxy) is 3. The van der Waals surface area contributed by atoms with Crippen molar-refractivity contribution in [2.45, 2.75) is 136 Å². The molecule has 4 atom stereocenters. The summed E-state index contributed by atoms with van der Waals surface area (Å²) in [4.78, 5) is 26.6. The fourth-order valence-corrected chi connectivity index (χ4v) is 7.44. The maximum absolute atomic E-state index is 12.3. The van der Waals surface area contributed by atoms with Crippen LogP contribution >= 0.6 is 0 Å². The average Bonchev–Trinajstić information content (AvgIpc) is 3.22. The number of hydrogen-bond acceptors (Lipinski definition) is 7. The third-order valence-electron chi connectivity index (χ3n) is 10.8. The van der Waals surface area contributed by atoms with Crippen LogP contribution in [-0.2, 0) is 32.2 Å². The fourth-order valence-electron chi connectivity index (χ4n) is 7.44. The van der Waals surface area contributed by atoms with E-state index in [0.717, 1.165) is 53.0 Å². The number of aliphatic hydroxyl groups is 1. The molecule has 308 valence electrons. The summed E-state index contributed by atoms with van der Waals surface area (Å²) in [6.45, 7) is 12.0. The lowest BCUT2D eigenvalue weighted by Gasteiger charge is -2.43. The monoisotopic (exact) mass is 772 g/mol. The Balaban J connectivity index is 1.51. The highest BCUT2D eigenvalue weighted by atomic mass is 16.7. The molecule has 3 aromatic carbocycles. The standard InChI is InChI=1S/C47H69N3O6/c1-5-8-10-12-14-16-28-50(29-17-15-13-11-9-6-2)34-43-36(4)45(39-26-24-37(35-51)25-27-39)56-46(55-43)42-23-19-22-41(31-42)40-21-18-20-38(30-40)32-48-47(53)49-33-44(52)54-7-3/h18-27,30-31,36,43,45-46,51H,5-17,28-29,32-35H2,1-4H3,(H2,48,49,53)/t36-,43+,45+,46+/m0/s1. The molecule has 0 aliphatic carbocycles. The second kappa shape index (κ2) is 25.5. The first kappa shape index (κ1) is 44.9. The van der Waals surface area contributed by atoms with E-state index in [4.69, 9.17) is 14.2 Å². The smallest absolute Gasteiger partial charge is 0.325 e. The third kappa shape index (κ3) is 15.3. The Bertz CT molecular complexity index is 1550. The van der Waals surface area contributed by atoms with Gasteiger partial charge >= 0.3 is 12.0 Å². The second-order valence-corrected chi connectivity index (χ2v) is 15.3. The molecule has 1 saturated heterocycles. The van der Waals surface area contributed by atoms with Gasteiger partial charge in [-0.15, -0.1) is 0 Å². The van der Waals surface area contributed by atoms with Gasteiger partial charge in [-0.2, -0.15) is 0 Å². The van der Waals surface area contributed by atoms with E-state index < -0.39 is 18.3 Å². The van der Waals surface area contributed by atoms with Crippen LogP contribution in [0.3, 0.4) is 0 Å². The fraction of sp³-hybridized carbons (Fsp3) is 0.574. The molecule has 0 bridgehead atoms. The van der Waals surface area contributed by atoms with Crippen molar-refractivity contribution in [2.75, 3.05) is 32.8 Å². The SMILES string of the molecule is CCCCCCCCN(CCCCCCCC)C[C@H]1O[C@@H](c2cccc(-c3cccc(CNC(=O)NCC(=O)OCC)c3)c2)O[C@@H](c2ccc(CO)cc2)[C@H]1C. The van der Waals surface area contributed by atoms with E-state index in [1.54, 1.807) is 6.92 Å². The Kier molecular flexibility index (Phi) is 20.5. The van der Waals surface area contributed by atoms with Gasteiger partial charge in [0.1, 0.15) is 6.54 Å². The number of benzene rings is 3. The molecule has 1 fully saturated rings. The number of urea groups is 1. The molecule has 3 N–H and O–H groups in total. The van der Waals surface area contributed by atoms with Crippen molar-refractivity contribution in [3.63, 3.8) is 0 Å². The number of aliphatic hydroxyl groups excluding tert-OH is 1. The number of hydrogen-bond donors (Lipinski definition) is 3. The average molecular weight is 772 g/mol. The molecule has 0 spiro atoms. The number of unbranched alkanes of at least 4 members (excludes halogenated alkanes) is 10. The molecule has 9 nitrogen and oxygen atoms in total. The van der Waals surface area contributed by atoms with Crippen molar-refractivity contribution in [1.82, 2.24) is 15.5 Å². The van der Waals surface area contributed by atoms with Crippen LogP contribution < -0.4 is 10.6 Å². The molecule has 9 heteroatoms. The summed E-state index contributed by atoms with van der Waals surface area (Å²) in [7, 11) is 0. The van der Waals surface area contributed by atoms with Gasteiger partial charge in [0.25, 0.3) is 0 Å². The highest BCUT2D eigenvalue weighted by Crippen LogP contribution is 2.42. The van der Waals surface area contributed by atoms with Gasteiger partial charge in [-0.3, -0.25) is 4.79 Å². The van der Waals surface area contributed by atoms with E-state index in [1.807, 2.05) is 30.3 Å². The lowest BCUT2D eigenvalue weighted by molar-refractivity contribution is -0.276. The molecule has 1 aliphatic rings. The van der Waals surface area contributed by atoms with Crippen molar-refractivity contribution >= 4 is 12.0 Å². The van der Waals surface area contributed by atoms with E-state index in [1.165, 1.54) is 77.0 Å². The van der Waals surface area contributed by atoms with Gasteiger partial charge in [0, 0.05) is 24.6 Å². The zero-order chi connectivity index (χ0) is 40.0. The van der Waals surface area contributed by atoms with Gasteiger partial charge in [0.05, 0.1) is 25.4 Å².